The summed E-state index contributed by atoms with van der Waals surface area (Å²) in [5, 5.41) is 11.7. The Kier molecular flexibility index (Phi) is 4.24. The molecule has 0 spiro atoms. The van der Waals surface area contributed by atoms with Crippen molar-refractivity contribution in [2.45, 2.75) is 26.2 Å². The molecule has 4 nitrogen and oxygen atoms in total. The lowest BCUT2D eigenvalue weighted by atomic mass is 10.0. The SMILES string of the molecule is CCCC1CCN(c2cccc(F)c2/C(N)=N/O)C1. The molecule has 1 fully saturated rings. The number of halogens is 1. The van der Waals surface area contributed by atoms with E-state index < -0.39 is 5.82 Å². The molecule has 0 amide bonds. The van der Waals surface area contributed by atoms with Crippen molar-refractivity contribution in [1.29, 1.82) is 0 Å². The highest BCUT2D eigenvalue weighted by Crippen LogP contribution is 2.30. The monoisotopic (exact) mass is 265 g/mol. The van der Waals surface area contributed by atoms with Gasteiger partial charge in [-0.25, -0.2) is 4.39 Å². The minimum atomic E-state index is -0.452. The van der Waals surface area contributed by atoms with Crippen LogP contribution in [0.3, 0.4) is 0 Å². The number of hydrogen-bond donors (Lipinski definition) is 2. The van der Waals surface area contributed by atoms with Gasteiger partial charge in [0.15, 0.2) is 5.84 Å². The molecular formula is C14H20FN3O. The quantitative estimate of drug-likeness (QED) is 0.380. The summed E-state index contributed by atoms with van der Waals surface area (Å²) in [7, 11) is 0. The fourth-order valence-corrected chi connectivity index (χ4v) is 2.78. The van der Waals surface area contributed by atoms with Crippen LogP contribution in [0.5, 0.6) is 0 Å². The van der Waals surface area contributed by atoms with Gasteiger partial charge in [-0.2, -0.15) is 0 Å². The van der Waals surface area contributed by atoms with Crippen LogP contribution in [0.25, 0.3) is 0 Å². The maximum Gasteiger partial charge on any atom is 0.175 e. The second-order valence-electron chi connectivity index (χ2n) is 5.01. The molecule has 19 heavy (non-hydrogen) atoms. The van der Waals surface area contributed by atoms with Gasteiger partial charge in [-0.1, -0.05) is 24.6 Å². The fourth-order valence-electron chi connectivity index (χ4n) is 2.78. The molecule has 104 valence electrons. The van der Waals surface area contributed by atoms with E-state index in [9.17, 15) is 4.39 Å². The van der Waals surface area contributed by atoms with E-state index in [1.807, 2.05) is 6.07 Å². The predicted molar refractivity (Wildman–Crippen MR) is 74.1 cm³/mol. The second-order valence-corrected chi connectivity index (χ2v) is 5.01. The molecule has 0 saturated carbocycles. The van der Waals surface area contributed by atoms with Crippen LogP contribution in [0.2, 0.25) is 0 Å². The Bertz CT molecular complexity index is 476. The third-order valence-corrected chi connectivity index (χ3v) is 3.68. The largest absolute Gasteiger partial charge is 0.409 e. The van der Waals surface area contributed by atoms with Crippen LogP contribution in [0, 0.1) is 11.7 Å². The number of benzene rings is 1. The normalized spacial score (nSPS) is 20.0. The predicted octanol–water partition coefficient (Wildman–Crippen LogP) is 2.55. The van der Waals surface area contributed by atoms with E-state index in [0.29, 0.717) is 11.6 Å². The van der Waals surface area contributed by atoms with Gasteiger partial charge in [0.25, 0.3) is 0 Å². The zero-order valence-corrected chi connectivity index (χ0v) is 11.1. The first-order valence-corrected chi connectivity index (χ1v) is 6.68. The van der Waals surface area contributed by atoms with Crippen LogP contribution in [-0.2, 0) is 0 Å². The fraction of sp³-hybridized carbons (Fsp3) is 0.500. The summed E-state index contributed by atoms with van der Waals surface area (Å²) in [4.78, 5) is 2.12. The van der Waals surface area contributed by atoms with Gasteiger partial charge in [-0.05, 0) is 30.9 Å². The van der Waals surface area contributed by atoms with Gasteiger partial charge in [0.05, 0.1) is 11.3 Å². The Morgan fingerprint density at radius 2 is 2.37 bits per heavy atom. The molecule has 0 aliphatic carbocycles. The number of amidine groups is 1. The Balaban J connectivity index is 2.28. The molecule has 0 bridgehead atoms. The molecule has 1 unspecified atom stereocenters. The van der Waals surface area contributed by atoms with E-state index in [1.54, 1.807) is 6.07 Å². The van der Waals surface area contributed by atoms with Crippen LogP contribution < -0.4 is 10.6 Å². The van der Waals surface area contributed by atoms with Crippen LogP contribution >= 0.6 is 0 Å². The third kappa shape index (κ3) is 2.80. The van der Waals surface area contributed by atoms with E-state index in [1.165, 1.54) is 12.5 Å². The number of nitrogens with zero attached hydrogens (tertiary/aromatic N) is 2. The van der Waals surface area contributed by atoms with Crippen LogP contribution in [-0.4, -0.2) is 24.1 Å². The third-order valence-electron chi connectivity index (χ3n) is 3.68. The molecule has 1 aliphatic heterocycles. The maximum absolute atomic E-state index is 13.9. The topological polar surface area (TPSA) is 61.8 Å². The molecule has 3 N–H and O–H groups in total. The van der Waals surface area contributed by atoms with Crippen LogP contribution in [0.4, 0.5) is 10.1 Å². The minimum absolute atomic E-state index is 0.174. The van der Waals surface area contributed by atoms with Crippen molar-refractivity contribution in [2.24, 2.45) is 16.8 Å². The molecule has 5 heteroatoms. The van der Waals surface area contributed by atoms with E-state index in [2.05, 4.69) is 17.0 Å². The van der Waals surface area contributed by atoms with Crippen molar-refractivity contribution in [1.82, 2.24) is 0 Å². The van der Waals surface area contributed by atoms with Crippen molar-refractivity contribution in [3.05, 3.63) is 29.6 Å². The summed E-state index contributed by atoms with van der Waals surface area (Å²) < 4.78 is 13.9. The highest BCUT2D eigenvalue weighted by Gasteiger charge is 2.25. The highest BCUT2D eigenvalue weighted by atomic mass is 19.1. The van der Waals surface area contributed by atoms with Crippen LogP contribution in [0.1, 0.15) is 31.7 Å². The van der Waals surface area contributed by atoms with Gasteiger partial charge >= 0.3 is 0 Å². The van der Waals surface area contributed by atoms with Crippen molar-refractivity contribution in [3.63, 3.8) is 0 Å². The minimum Gasteiger partial charge on any atom is -0.409 e. The van der Waals surface area contributed by atoms with Crippen LogP contribution in [0.15, 0.2) is 23.4 Å². The molecule has 1 aromatic carbocycles. The van der Waals surface area contributed by atoms with Crippen molar-refractivity contribution < 1.29 is 9.60 Å². The van der Waals surface area contributed by atoms with Crippen molar-refractivity contribution in [3.8, 4) is 0 Å². The number of oxime groups is 1. The van der Waals surface area contributed by atoms with Crippen molar-refractivity contribution in [2.75, 3.05) is 18.0 Å². The number of nitrogens with two attached hydrogens (primary N) is 1. The van der Waals surface area contributed by atoms with Gasteiger partial charge in [0, 0.05) is 13.1 Å². The van der Waals surface area contributed by atoms with Gasteiger partial charge in [0.2, 0.25) is 0 Å². The summed E-state index contributed by atoms with van der Waals surface area (Å²) in [5.41, 5.74) is 6.50. The van der Waals surface area contributed by atoms with E-state index in [4.69, 9.17) is 10.9 Å². The van der Waals surface area contributed by atoms with Crippen molar-refractivity contribution >= 4 is 11.5 Å². The van der Waals surface area contributed by atoms with Gasteiger partial charge in [-0.3, -0.25) is 0 Å². The van der Waals surface area contributed by atoms with Gasteiger partial charge in [0.1, 0.15) is 5.82 Å². The maximum atomic E-state index is 13.9. The zero-order chi connectivity index (χ0) is 13.8. The van der Waals surface area contributed by atoms with E-state index in [0.717, 1.165) is 25.9 Å². The summed E-state index contributed by atoms with van der Waals surface area (Å²) in [6, 6.07) is 4.81. The van der Waals surface area contributed by atoms with Gasteiger partial charge < -0.3 is 15.8 Å². The molecule has 0 aromatic heterocycles. The lowest BCUT2D eigenvalue weighted by molar-refractivity contribution is 0.318. The average molecular weight is 265 g/mol. The first-order chi connectivity index (χ1) is 9.17. The first-order valence-electron chi connectivity index (χ1n) is 6.68. The van der Waals surface area contributed by atoms with E-state index in [-0.39, 0.29) is 11.4 Å². The summed E-state index contributed by atoms with van der Waals surface area (Å²) >= 11 is 0. The lowest BCUT2D eigenvalue weighted by Gasteiger charge is -2.22. The Hall–Kier alpha value is -1.78. The Morgan fingerprint density at radius 3 is 3.05 bits per heavy atom. The lowest BCUT2D eigenvalue weighted by Crippen LogP contribution is -2.25. The molecule has 1 heterocycles. The molecule has 1 aliphatic rings. The average Bonchev–Trinajstić information content (AvgIpc) is 2.86. The van der Waals surface area contributed by atoms with E-state index >= 15 is 0 Å². The molecule has 1 saturated heterocycles. The van der Waals surface area contributed by atoms with Gasteiger partial charge in [-0.15, -0.1) is 0 Å². The standard InChI is InChI=1S/C14H20FN3O/c1-2-4-10-7-8-18(9-10)12-6-3-5-11(15)13(12)14(16)17-19/h3,5-6,10,19H,2,4,7-9H2,1H3,(H2,16,17). The molecule has 1 aromatic rings. The number of anilines is 1. The molecule has 2 rings (SSSR count). The zero-order valence-electron chi connectivity index (χ0n) is 11.1. The smallest absolute Gasteiger partial charge is 0.175 e. The molecule has 1 atom stereocenters. The first kappa shape index (κ1) is 13.6. The summed E-state index contributed by atoms with van der Waals surface area (Å²) in [5.74, 6) is 0.0205. The number of rotatable bonds is 4. The second kappa shape index (κ2) is 5.91. The summed E-state index contributed by atoms with van der Waals surface area (Å²) in [6.45, 7) is 3.97. The highest BCUT2D eigenvalue weighted by molar-refractivity contribution is 6.02. The molecular weight excluding hydrogens is 245 g/mol. The number of hydrogen-bond acceptors (Lipinski definition) is 3. The molecule has 0 radical (unpaired) electrons. The summed E-state index contributed by atoms with van der Waals surface area (Å²) in [6.07, 6.45) is 3.46. The Labute approximate surface area is 112 Å². The Morgan fingerprint density at radius 1 is 1.58 bits per heavy atom.